The maximum Gasteiger partial charge on any atom is 0.344 e. The molecule has 0 amide bonds. The largest absolute Gasteiger partial charge is 0.422 e. The molecule has 0 aliphatic heterocycles. The van der Waals surface area contributed by atoms with Crippen molar-refractivity contribution in [1.82, 2.24) is 0 Å². The van der Waals surface area contributed by atoms with E-state index in [0.717, 1.165) is 21.9 Å². The van der Waals surface area contributed by atoms with Gasteiger partial charge in [0.05, 0.1) is 5.39 Å². The molecule has 1 aromatic heterocycles. The Bertz CT molecular complexity index is 782. The van der Waals surface area contributed by atoms with Gasteiger partial charge >= 0.3 is 5.63 Å². The van der Waals surface area contributed by atoms with E-state index in [1.807, 2.05) is 44.2 Å². The highest BCUT2D eigenvalue weighted by atomic mass is 16.4. The van der Waals surface area contributed by atoms with Crippen molar-refractivity contribution in [2.24, 2.45) is 0 Å². The van der Waals surface area contributed by atoms with Crippen LogP contribution < -0.4 is 5.63 Å². The fourth-order valence-electron chi connectivity index (χ4n) is 2.28. The Morgan fingerprint density at radius 3 is 2.29 bits per heavy atom. The van der Waals surface area contributed by atoms with Crippen LogP contribution in [0.4, 0.5) is 0 Å². The number of aryl methyl sites for hydroxylation is 2. The first-order chi connectivity index (χ1) is 8.18. The smallest absolute Gasteiger partial charge is 0.344 e. The van der Waals surface area contributed by atoms with Crippen LogP contribution in [0.25, 0.3) is 21.7 Å². The van der Waals surface area contributed by atoms with Crippen LogP contribution in [0.5, 0.6) is 0 Å². The van der Waals surface area contributed by atoms with Gasteiger partial charge in [-0.3, -0.25) is 0 Å². The van der Waals surface area contributed by atoms with Gasteiger partial charge in [-0.25, -0.2) is 4.79 Å². The molecule has 0 atom stereocenters. The molecule has 0 saturated heterocycles. The van der Waals surface area contributed by atoms with Gasteiger partial charge in [0.2, 0.25) is 0 Å². The normalized spacial score (nSPS) is 11.2. The van der Waals surface area contributed by atoms with Gasteiger partial charge in [0, 0.05) is 10.8 Å². The Morgan fingerprint density at radius 2 is 1.53 bits per heavy atom. The van der Waals surface area contributed by atoms with Crippen molar-refractivity contribution >= 4 is 21.7 Å². The lowest BCUT2D eigenvalue weighted by atomic mass is 10.0. The predicted octanol–water partition coefficient (Wildman–Crippen LogP) is 3.56. The molecule has 2 aromatic carbocycles. The molecule has 0 aliphatic rings. The van der Waals surface area contributed by atoms with Gasteiger partial charge in [-0.2, -0.15) is 0 Å². The van der Waals surface area contributed by atoms with Crippen LogP contribution >= 0.6 is 0 Å². The van der Waals surface area contributed by atoms with Crippen LogP contribution in [0, 0.1) is 13.8 Å². The van der Waals surface area contributed by atoms with Crippen molar-refractivity contribution in [3.8, 4) is 0 Å². The molecule has 1 heterocycles. The molecule has 0 fully saturated rings. The van der Waals surface area contributed by atoms with E-state index in [1.54, 1.807) is 0 Å². The summed E-state index contributed by atoms with van der Waals surface area (Å²) in [5, 5.41) is 2.66. The van der Waals surface area contributed by atoms with Crippen LogP contribution in [-0.4, -0.2) is 0 Å². The van der Waals surface area contributed by atoms with Crippen LogP contribution in [0.2, 0.25) is 0 Å². The number of fused-ring (bicyclic) bond motifs is 3. The molecule has 0 bridgehead atoms. The Hall–Kier alpha value is -2.09. The molecule has 2 heteroatoms. The number of hydrogen-bond donors (Lipinski definition) is 0. The molecule has 0 saturated carbocycles. The van der Waals surface area contributed by atoms with Gasteiger partial charge in [0.1, 0.15) is 5.58 Å². The topological polar surface area (TPSA) is 30.2 Å². The quantitative estimate of drug-likeness (QED) is 0.431. The number of rotatable bonds is 0. The molecule has 0 spiro atoms. The van der Waals surface area contributed by atoms with Gasteiger partial charge in [0.25, 0.3) is 0 Å². The van der Waals surface area contributed by atoms with Crippen LogP contribution in [0.15, 0.2) is 45.6 Å². The maximum atomic E-state index is 11.9. The first kappa shape index (κ1) is 10.1. The third kappa shape index (κ3) is 1.37. The average molecular weight is 224 g/mol. The van der Waals surface area contributed by atoms with E-state index in [1.165, 1.54) is 0 Å². The lowest BCUT2D eigenvalue weighted by Crippen LogP contribution is -2.01. The summed E-state index contributed by atoms with van der Waals surface area (Å²) in [5.41, 5.74) is 2.56. The fourth-order valence-corrected chi connectivity index (χ4v) is 2.28. The number of hydrogen-bond acceptors (Lipinski definition) is 2. The summed E-state index contributed by atoms with van der Waals surface area (Å²) in [7, 11) is 0. The van der Waals surface area contributed by atoms with Gasteiger partial charge in [-0.15, -0.1) is 0 Å². The highest BCUT2D eigenvalue weighted by Gasteiger charge is 2.10. The predicted molar refractivity (Wildman–Crippen MR) is 69.5 cm³/mol. The lowest BCUT2D eigenvalue weighted by Gasteiger charge is -2.07. The summed E-state index contributed by atoms with van der Waals surface area (Å²) >= 11 is 0. The molecule has 0 unspecified atom stereocenters. The second kappa shape index (κ2) is 3.45. The van der Waals surface area contributed by atoms with Crippen molar-refractivity contribution in [2.45, 2.75) is 13.8 Å². The molecule has 17 heavy (non-hydrogen) atoms. The van der Waals surface area contributed by atoms with Crippen LogP contribution in [0.1, 0.15) is 11.1 Å². The van der Waals surface area contributed by atoms with E-state index < -0.39 is 0 Å². The highest BCUT2D eigenvalue weighted by Crippen LogP contribution is 2.27. The Morgan fingerprint density at radius 1 is 0.882 bits per heavy atom. The first-order valence-electron chi connectivity index (χ1n) is 5.60. The summed E-state index contributed by atoms with van der Waals surface area (Å²) in [6.45, 7) is 3.99. The summed E-state index contributed by atoms with van der Waals surface area (Å²) in [6, 6.07) is 11.6. The molecule has 0 aliphatic carbocycles. The van der Waals surface area contributed by atoms with E-state index in [4.69, 9.17) is 4.42 Å². The molecular formula is C15H12O2. The van der Waals surface area contributed by atoms with Crippen LogP contribution in [0.3, 0.4) is 0 Å². The summed E-state index contributed by atoms with van der Waals surface area (Å²) in [6.07, 6.45) is 0. The Labute approximate surface area is 98.5 Å². The monoisotopic (exact) mass is 224 g/mol. The van der Waals surface area contributed by atoms with Crippen molar-refractivity contribution in [3.05, 3.63) is 57.9 Å². The van der Waals surface area contributed by atoms with Gasteiger partial charge < -0.3 is 4.42 Å². The van der Waals surface area contributed by atoms with E-state index >= 15 is 0 Å². The standard InChI is InChI=1S/C15H12O2/c1-9-7-8-10(2)14-13(9)11-5-3-4-6-12(11)15(16)17-14/h3-8H,1-2H3. The zero-order chi connectivity index (χ0) is 12.0. The zero-order valence-corrected chi connectivity index (χ0v) is 9.78. The molecule has 0 N–H and O–H groups in total. The molecule has 2 nitrogen and oxygen atoms in total. The third-order valence-corrected chi connectivity index (χ3v) is 3.17. The Kier molecular flexibility index (Phi) is 2.05. The minimum absolute atomic E-state index is 0.262. The van der Waals surface area contributed by atoms with Gasteiger partial charge in [0.15, 0.2) is 0 Å². The second-order valence-corrected chi connectivity index (χ2v) is 4.34. The average Bonchev–Trinajstić information content (AvgIpc) is 2.34. The van der Waals surface area contributed by atoms with Crippen molar-refractivity contribution in [3.63, 3.8) is 0 Å². The fraction of sp³-hybridized carbons (Fsp3) is 0.133. The maximum absolute atomic E-state index is 11.9. The van der Waals surface area contributed by atoms with Crippen molar-refractivity contribution in [2.75, 3.05) is 0 Å². The summed E-state index contributed by atoms with van der Waals surface area (Å²) in [4.78, 5) is 11.9. The van der Waals surface area contributed by atoms with E-state index in [9.17, 15) is 4.79 Å². The lowest BCUT2D eigenvalue weighted by molar-refractivity contribution is 0.567. The molecular weight excluding hydrogens is 212 g/mol. The minimum Gasteiger partial charge on any atom is -0.422 e. The molecule has 3 aromatic rings. The summed E-state index contributed by atoms with van der Waals surface area (Å²) < 4.78 is 5.43. The van der Waals surface area contributed by atoms with Crippen molar-refractivity contribution in [1.29, 1.82) is 0 Å². The zero-order valence-electron chi connectivity index (χ0n) is 9.78. The third-order valence-electron chi connectivity index (χ3n) is 3.17. The van der Waals surface area contributed by atoms with E-state index in [2.05, 4.69) is 6.07 Å². The van der Waals surface area contributed by atoms with E-state index in [0.29, 0.717) is 11.0 Å². The SMILES string of the molecule is Cc1ccc(C)c2c1oc(=O)c1ccccc12. The van der Waals surface area contributed by atoms with Crippen LogP contribution in [-0.2, 0) is 0 Å². The van der Waals surface area contributed by atoms with Gasteiger partial charge in [-0.1, -0.05) is 30.3 Å². The minimum atomic E-state index is -0.262. The molecule has 0 radical (unpaired) electrons. The van der Waals surface area contributed by atoms with E-state index in [-0.39, 0.29) is 5.63 Å². The van der Waals surface area contributed by atoms with Gasteiger partial charge in [-0.05, 0) is 31.0 Å². The summed E-state index contributed by atoms with van der Waals surface area (Å²) in [5.74, 6) is 0. The van der Waals surface area contributed by atoms with Crippen molar-refractivity contribution < 1.29 is 4.42 Å². The second-order valence-electron chi connectivity index (χ2n) is 4.34. The molecule has 84 valence electrons. The first-order valence-corrected chi connectivity index (χ1v) is 5.60. The highest BCUT2D eigenvalue weighted by molar-refractivity contribution is 6.06. The molecule has 3 rings (SSSR count). The number of benzene rings is 2. The Balaban J connectivity index is 2.73.